The summed E-state index contributed by atoms with van der Waals surface area (Å²) < 4.78 is 0. The summed E-state index contributed by atoms with van der Waals surface area (Å²) in [6.07, 6.45) is 12.8. The lowest BCUT2D eigenvalue weighted by Crippen LogP contribution is -2.24. The summed E-state index contributed by atoms with van der Waals surface area (Å²) in [5, 5.41) is 7.30. The summed E-state index contributed by atoms with van der Waals surface area (Å²) >= 11 is 7.94. The second kappa shape index (κ2) is 16.2. The summed E-state index contributed by atoms with van der Waals surface area (Å²) in [7, 11) is 0. The highest BCUT2D eigenvalue weighted by atomic mass is 35.5. The number of nitrogens with one attached hydrogen (secondary N) is 1. The quantitative estimate of drug-likeness (QED) is 0.180. The van der Waals surface area contributed by atoms with Crippen LogP contribution >= 0.6 is 22.9 Å². The molecule has 1 heterocycles. The molecule has 3 aromatic rings. The second-order valence-corrected chi connectivity index (χ2v) is 10.6. The van der Waals surface area contributed by atoms with Crippen molar-refractivity contribution in [2.45, 2.75) is 65.3 Å². The fourth-order valence-corrected chi connectivity index (χ4v) is 5.53. The van der Waals surface area contributed by atoms with Gasteiger partial charge in [-0.25, -0.2) is 4.98 Å². The molecule has 3 nitrogen and oxygen atoms in total. The molecule has 4 rings (SSSR count). The number of aromatic nitrogens is 1. The van der Waals surface area contributed by atoms with Gasteiger partial charge >= 0.3 is 0 Å². The zero-order valence-electron chi connectivity index (χ0n) is 23.0. The molecule has 0 radical (unpaired) electrons. The Morgan fingerprint density at radius 1 is 1.13 bits per heavy atom. The lowest BCUT2D eigenvalue weighted by molar-refractivity contribution is 0.693. The molecule has 1 aliphatic carbocycles. The molecule has 1 aliphatic rings. The summed E-state index contributed by atoms with van der Waals surface area (Å²) in [6, 6.07) is 16.7. The molecular weight excluding hydrogens is 506 g/mol. The molecule has 0 amide bonds. The fourth-order valence-electron chi connectivity index (χ4n) is 4.48. The Hall–Kier alpha value is -2.82. The van der Waals surface area contributed by atoms with Crippen LogP contribution in [0.15, 0.2) is 84.8 Å². The van der Waals surface area contributed by atoms with Crippen molar-refractivity contribution in [2.75, 3.05) is 18.0 Å². The van der Waals surface area contributed by atoms with Crippen LogP contribution in [-0.4, -0.2) is 18.1 Å². The topological polar surface area (TPSA) is 28.2 Å². The van der Waals surface area contributed by atoms with Gasteiger partial charge < -0.3 is 10.2 Å². The van der Waals surface area contributed by atoms with Gasteiger partial charge in [-0.3, -0.25) is 0 Å². The molecule has 0 saturated heterocycles. The predicted molar refractivity (Wildman–Crippen MR) is 169 cm³/mol. The average molecular weight is 548 g/mol. The summed E-state index contributed by atoms with van der Waals surface area (Å²) in [5.74, 6) is 0. The number of hydrogen-bond donors (Lipinski definition) is 1. The molecule has 0 bridgehead atoms. The van der Waals surface area contributed by atoms with Crippen molar-refractivity contribution in [3.8, 4) is 11.3 Å². The van der Waals surface area contributed by atoms with Crippen molar-refractivity contribution in [1.29, 1.82) is 0 Å². The number of thiazole rings is 1. The van der Waals surface area contributed by atoms with E-state index in [-0.39, 0.29) is 0 Å². The molecule has 0 fully saturated rings. The molecule has 0 unspecified atom stereocenters. The standard InChI is InChI=1S/C31H36ClN3S.C2H6/c1-3-4-19-33-24(2)27-16-14-26(15-17-27)22-35(20-18-25-10-7-5-6-8-11-25)31-34-30(23-36-31)28-12-9-13-29(32)21-28;1-2/h3,9-10,12-17,21,23,33H,1-2,4-8,11,18-20,22H2;1-2H3. The van der Waals surface area contributed by atoms with E-state index in [1.54, 1.807) is 16.9 Å². The van der Waals surface area contributed by atoms with Crippen LogP contribution in [0.3, 0.4) is 0 Å². The lowest BCUT2D eigenvalue weighted by atomic mass is 10.1. The number of allylic oxidation sites excluding steroid dienone is 1. The number of halogens is 1. The monoisotopic (exact) mass is 547 g/mol. The predicted octanol–water partition coefficient (Wildman–Crippen LogP) is 9.91. The minimum atomic E-state index is 0.736. The van der Waals surface area contributed by atoms with E-state index in [1.165, 1.54) is 37.7 Å². The van der Waals surface area contributed by atoms with E-state index in [1.807, 2.05) is 38.1 Å². The summed E-state index contributed by atoms with van der Waals surface area (Å²) in [4.78, 5) is 7.45. The van der Waals surface area contributed by atoms with E-state index < -0.39 is 0 Å². The van der Waals surface area contributed by atoms with Crippen LogP contribution in [-0.2, 0) is 6.54 Å². The van der Waals surface area contributed by atoms with Gasteiger partial charge in [0, 0.05) is 41.3 Å². The first-order valence-electron chi connectivity index (χ1n) is 13.9. The number of hydrogen-bond acceptors (Lipinski definition) is 4. The van der Waals surface area contributed by atoms with Crippen molar-refractivity contribution in [3.63, 3.8) is 0 Å². The molecular formula is C33H42ClN3S. The first-order chi connectivity index (χ1) is 18.6. The third kappa shape index (κ3) is 9.18. The van der Waals surface area contributed by atoms with Crippen molar-refractivity contribution < 1.29 is 0 Å². The zero-order chi connectivity index (χ0) is 27.2. The number of nitrogens with zero attached hydrogens (tertiary/aromatic N) is 2. The second-order valence-electron chi connectivity index (χ2n) is 9.34. The minimum absolute atomic E-state index is 0.736. The van der Waals surface area contributed by atoms with Gasteiger partial charge in [-0.2, -0.15) is 0 Å². The maximum absolute atomic E-state index is 6.23. The smallest absolute Gasteiger partial charge is 0.186 e. The van der Waals surface area contributed by atoms with Gasteiger partial charge in [0.25, 0.3) is 0 Å². The van der Waals surface area contributed by atoms with Crippen LogP contribution in [0.25, 0.3) is 17.0 Å². The molecule has 0 saturated carbocycles. The van der Waals surface area contributed by atoms with Gasteiger partial charge in [-0.15, -0.1) is 17.9 Å². The molecule has 0 atom stereocenters. The van der Waals surface area contributed by atoms with E-state index in [4.69, 9.17) is 16.6 Å². The zero-order valence-corrected chi connectivity index (χ0v) is 24.6. The Morgan fingerprint density at radius 2 is 1.95 bits per heavy atom. The molecule has 5 heteroatoms. The van der Waals surface area contributed by atoms with Crippen LogP contribution in [0.1, 0.15) is 69.9 Å². The van der Waals surface area contributed by atoms with Crippen molar-refractivity contribution in [3.05, 3.63) is 101 Å². The van der Waals surface area contributed by atoms with Crippen LogP contribution in [0, 0.1) is 0 Å². The lowest BCUT2D eigenvalue weighted by Gasteiger charge is -2.23. The Morgan fingerprint density at radius 3 is 2.71 bits per heavy atom. The van der Waals surface area contributed by atoms with Crippen LogP contribution in [0.2, 0.25) is 5.02 Å². The Kier molecular flexibility index (Phi) is 12.7. The third-order valence-corrected chi connectivity index (χ3v) is 7.72. The van der Waals surface area contributed by atoms with Crippen molar-refractivity contribution in [2.24, 2.45) is 0 Å². The van der Waals surface area contributed by atoms with Gasteiger partial charge in [-0.1, -0.05) is 92.6 Å². The van der Waals surface area contributed by atoms with Gasteiger partial charge in [0.05, 0.1) is 5.69 Å². The highest BCUT2D eigenvalue weighted by molar-refractivity contribution is 7.14. The molecule has 202 valence electrons. The van der Waals surface area contributed by atoms with Crippen LogP contribution in [0.5, 0.6) is 0 Å². The fraction of sp³-hybridized carbons (Fsp3) is 0.364. The molecule has 38 heavy (non-hydrogen) atoms. The highest BCUT2D eigenvalue weighted by Crippen LogP contribution is 2.31. The third-order valence-electron chi connectivity index (χ3n) is 6.58. The average Bonchev–Trinajstić information content (AvgIpc) is 3.29. The molecule has 1 N–H and O–H groups in total. The highest BCUT2D eigenvalue weighted by Gasteiger charge is 2.15. The largest absolute Gasteiger partial charge is 0.385 e. The molecule has 0 spiro atoms. The van der Waals surface area contributed by atoms with Gasteiger partial charge in [-0.05, 0) is 61.8 Å². The normalized spacial score (nSPS) is 13.0. The first-order valence-corrected chi connectivity index (χ1v) is 15.2. The molecule has 1 aromatic heterocycles. The van der Waals surface area contributed by atoms with E-state index in [0.29, 0.717) is 0 Å². The van der Waals surface area contributed by atoms with Crippen molar-refractivity contribution in [1.82, 2.24) is 10.3 Å². The van der Waals surface area contributed by atoms with Crippen molar-refractivity contribution >= 4 is 33.8 Å². The van der Waals surface area contributed by atoms with Crippen LogP contribution < -0.4 is 10.2 Å². The van der Waals surface area contributed by atoms with E-state index >= 15 is 0 Å². The SMILES string of the molecule is C=CCCNC(=C)c1ccc(CN(CCC2=CCCCCC2)c2nc(-c3cccc(Cl)c3)cs2)cc1.CC. The summed E-state index contributed by atoms with van der Waals surface area (Å²) in [6.45, 7) is 14.6. The van der Waals surface area contributed by atoms with Gasteiger partial charge in [0.15, 0.2) is 5.13 Å². The maximum Gasteiger partial charge on any atom is 0.186 e. The Labute approximate surface area is 239 Å². The van der Waals surface area contributed by atoms with E-state index in [9.17, 15) is 0 Å². The number of benzene rings is 2. The molecule has 2 aromatic carbocycles. The summed E-state index contributed by atoms with van der Waals surface area (Å²) in [5.41, 5.74) is 6.98. The Bertz CT molecular complexity index is 1180. The maximum atomic E-state index is 6.23. The number of rotatable bonds is 12. The van der Waals surface area contributed by atoms with E-state index in [2.05, 4.69) is 65.2 Å². The van der Waals surface area contributed by atoms with Gasteiger partial charge in [0.1, 0.15) is 0 Å². The van der Waals surface area contributed by atoms with Crippen LogP contribution in [0.4, 0.5) is 5.13 Å². The first kappa shape index (κ1) is 29.7. The number of anilines is 1. The van der Waals surface area contributed by atoms with E-state index in [0.717, 1.165) is 65.1 Å². The minimum Gasteiger partial charge on any atom is -0.385 e. The Balaban J connectivity index is 0.00000195. The van der Waals surface area contributed by atoms with Gasteiger partial charge in [0.2, 0.25) is 0 Å². The molecule has 0 aliphatic heterocycles.